The van der Waals surface area contributed by atoms with Gasteiger partial charge in [-0.05, 0) is 18.1 Å². The van der Waals surface area contributed by atoms with E-state index in [4.69, 9.17) is 5.11 Å². The number of thioether (sulfide) groups is 1. The zero-order chi connectivity index (χ0) is 13.2. The molecule has 0 bridgehead atoms. The predicted octanol–water partition coefficient (Wildman–Crippen LogP) is 1.14. The van der Waals surface area contributed by atoms with E-state index in [-0.39, 0.29) is 0 Å². The normalized spacial score (nSPS) is 11.3. The molecule has 0 aromatic carbocycles. The molecule has 0 aliphatic heterocycles. The van der Waals surface area contributed by atoms with E-state index >= 15 is 0 Å². The average Bonchev–Trinajstić information content (AvgIpc) is 2.75. The monoisotopic (exact) mass is 272 g/mol. The van der Waals surface area contributed by atoms with Crippen LogP contribution in [0.25, 0.3) is 0 Å². The predicted molar refractivity (Wildman–Crippen MR) is 75.6 cm³/mol. The van der Waals surface area contributed by atoms with E-state index in [9.17, 15) is 0 Å². The number of nitrogens with zero attached hydrogens (tertiary/aromatic N) is 3. The van der Waals surface area contributed by atoms with Gasteiger partial charge in [0, 0.05) is 25.4 Å². The van der Waals surface area contributed by atoms with Crippen LogP contribution in [0.5, 0.6) is 0 Å². The van der Waals surface area contributed by atoms with Crippen LogP contribution < -0.4 is 5.32 Å². The van der Waals surface area contributed by atoms with Crippen LogP contribution in [-0.4, -0.2) is 44.5 Å². The molecule has 1 aromatic heterocycles. The van der Waals surface area contributed by atoms with Crippen LogP contribution in [0.1, 0.15) is 26.1 Å². The number of aliphatic hydroxyl groups excluding tert-OH is 1. The van der Waals surface area contributed by atoms with Crippen LogP contribution in [0.15, 0.2) is 6.33 Å². The summed E-state index contributed by atoms with van der Waals surface area (Å²) in [5, 5.41) is 16.2. The van der Waals surface area contributed by atoms with Crippen molar-refractivity contribution in [1.82, 2.24) is 20.1 Å². The molecule has 1 heterocycles. The maximum absolute atomic E-state index is 8.65. The highest BCUT2D eigenvalue weighted by atomic mass is 32.2. The second-order valence-corrected chi connectivity index (χ2v) is 5.84. The summed E-state index contributed by atoms with van der Waals surface area (Å²) in [7, 11) is 0. The maximum atomic E-state index is 8.65. The van der Waals surface area contributed by atoms with Gasteiger partial charge in [-0.15, -0.1) is 0 Å². The minimum atomic E-state index is 0.290. The summed E-state index contributed by atoms with van der Waals surface area (Å²) in [5.74, 6) is 3.68. The fraction of sp³-hybridized carbons (Fsp3) is 0.833. The van der Waals surface area contributed by atoms with Crippen LogP contribution in [0.4, 0.5) is 0 Å². The Hall–Kier alpha value is -0.590. The second-order valence-electron chi connectivity index (χ2n) is 4.62. The first kappa shape index (κ1) is 15.5. The summed E-state index contributed by atoms with van der Waals surface area (Å²) >= 11 is 1.86. The van der Waals surface area contributed by atoms with Crippen molar-refractivity contribution in [1.29, 1.82) is 0 Å². The standard InChI is InChI=1S/C12H24N4OS/c1-11(2)9-16-12(14-10-15-16)8-13-4-7-18-6-3-5-17/h10-11,13,17H,3-9H2,1-2H3. The van der Waals surface area contributed by atoms with Crippen molar-refractivity contribution in [2.24, 2.45) is 5.92 Å². The van der Waals surface area contributed by atoms with E-state index in [2.05, 4.69) is 29.2 Å². The Labute approximate surface area is 113 Å². The summed E-state index contributed by atoms with van der Waals surface area (Å²) in [6.45, 7) is 7.30. The largest absolute Gasteiger partial charge is 0.396 e. The van der Waals surface area contributed by atoms with Gasteiger partial charge in [0.2, 0.25) is 0 Å². The van der Waals surface area contributed by atoms with Crippen LogP contribution in [-0.2, 0) is 13.1 Å². The molecular formula is C12H24N4OS. The zero-order valence-corrected chi connectivity index (χ0v) is 12.1. The number of aromatic nitrogens is 3. The summed E-state index contributed by atoms with van der Waals surface area (Å²) in [6.07, 6.45) is 2.50. The van der Waals surface area contributed by atoms with Crippen LogP contribution >= 0.6 is 11.8 Å². The molecule has 0 radical (unpaired) electrons. The third-order valence-electron chi connectivity index (χ3n) is 2.39. The van der Waals surface area contributed by atoms with Crippen molar-refractivity contribution in [3.63, 3.8) is 0 Å². The van der Waals surface area contributed by atoms with Gasteiger partial charge in [-0.1, -0.05) is 13.8 Å². The Kier molecular flexibility index (Phi) is 8.04. The van der Waals surface area contributed by atoms with Crippen molar-refractivity contribution in [2.75, 3.05) is 24.7 Å². The number of hydrogen-bond acceptors (Lipinski definition) is 5. The van der Waals surface area contributed by atoms with Gasteiger partial charge in [-0.25, -0.2) is 9.67 Å². The third kappa shape index (κ3) is 6.37. The molecule has 6 heteroatoms. The molecule has 104 valence electrons. The molecular weight excluding hydrogens is 248 g/mol. The van der Waals surface area contributed by atoms with Gasteiger partial charge in [0.15, 0.2) is 0 Å². The molecule has 0 aliphatic rings. The molecule has 2 N–H and O–H groups in total. The second kappa shape index (κ2) is 9.35. The van der Waals surface area contributed by atoms with Crippen LogP contribution in [0, 0.1) is 5.92 Å². The number of hydrogen-bond donors (Lipinski definition) is 2. The number of aliphatic hydroxyl groups is 1. The Morgan fingerprint density at radius 2 is 2.28 bits per heavy atom. The molecule has 0 unspecified atom stereocenters. The Morgan fingerprint density at radius 3 is 3.00 bits per heavy atom. The third-order valence-corrected chi connectivity index (χ3v) is 3.46. The fourth-order valence-electron chi connectivity index (χ4n) is 1.54. The van der Waals surface area contributed by atoms with Crippen molar-refractivity contribution < 1.29 is 5.11 Å². The molecule has 0 spiro atoms. The minimum Gasteiger partial charge on any atom is -0.396 e. The molecule has 0 atom stereocenters. The SMILES string of the molecule is CC(C)Cn1ncnc1CNCCSCCCO. The Morgan fingerprint density at radius 1 is 1.44 bits per heavy atom. The van der Waals surface area contributed by atoms with Gasteiger partial charge in [0.25, 0.3) is 0 Å². The molecule has 0 saturated heterocycles. The lowest BCUT2D eigenvalue weighted by Crippen LogP contribution is -2.21. The smallest absolute Gasteiger partial charge is 0.140 e. The van der Waals surface area contributed by atoms with Gasteiger partial charge >= 0.3 is 0 Å². The van der Waals surface area contributed by atoms with Crippen molar-refractivity contribution in [3.8, 4) is 0 Å². The lowest BCUT2D eigenvalue weighted by atomic mass is 10.2. The van der Waals surface area contributed by atoms with E-state index < -0.39 is 0 Å². The molecule has 1 rings (SSSR count). The highest BCUT2D eigenvalue weighted by Gasteiger charge is 2.05. The van der Waals surface area contributed by atoms with Crippen LogP contribution in [0.3, 0.4) is 0 Å². The molecule has 0 fully saturated rings. The minimum absolute atomic E-state index is 0.290. The molecule has 0 amide bonds. The lowest BCUT2D eigenvalue weighted by Gasteiger charge is -2.09. The summed E-state index contributed by atoms with van der Waals surface area (Å²) in [5.41, 5.74) is 0. The van der Waals surface area contributed by atoms with Gasteiger partial charge < -0.3 is 10.4 Å². The van der Waals surface area contributed by atoms with Crippen molar-refractivity contribution in [2.45, 2.75) is 33.4 Å². The van der Waals surface area contributed by atoms with Gasteiger partial charge in [-0.3, -0.25) is 0 Å². The van der Waals surface area contributed by atoms with E-state index in [1.54, 1.807) is 6.33 Å². The fourth-order valence-corrected chi connectivity index (χ4v) is 2.36. The van der Waals surface area contributed by atoms with Gasteiger partial charge in [0.05, 0.1) is 6.54 Å². The number of rotatable bonds is 10. The highest BCUT2D eigenvalue weighted by Crippen LogP contribution is 2.02. The van der Waals surface area contributed by atoms with E-state index in [0.29, 0.717) is 12.5 Å². The quantitative estimate of drug-likeness (QED) is 0.625. The molecule has 1 aromatic rings. The topological polar surface area (TPSA) is 63.0 Å². The van der Waals surface area contributed by atoms with Crippen LogP contribution in [0.2, 0.25) is 0 Å². The average molecular weight is 272 g/mol. The molecule has 5 nitrogen and oxygen atoms in total. The first-order valence-corrected chi connectivity index (χ1v) is 7.65. The Bertz CT molecular complexity index is 317. The van der Waals surface area contributed by atoms with Gasteiger partial charge in [-0.2, -0.15) is 16.9 Å². The van der Waals surface area contributed by atoms with E-state index in [1.807, 2.05) is 16.4 Å². The highest BCUT2D eigenvalue weighted by molar-refractivity contribution is 7.99. The lowest BCUT2D eigenvalue weighted by molar-refractivity contribution is 0.296. The first-order valence-electron chi connectivity index (χ1n) is 6.50. The van der Waals surface area contributed by atoms with Crippen molar-refractivity contribution >= 4 is 11.8 Å². The maximum Gasteiger partial charge on any atom is 0.140 e. The van der Waals surface area contributed by atoms with E-state index in [0.717, 1.165) is 43.4 Å². The summed E-state index contributed by atoms with van der Waals surface area (Å²) in [4.78, 5) is 4.27. The Balaban J connectivity index is 2.13. The molecule has 18 heavy (non-hydrogen) atoms. The van der Waals surface area contributed by atoms with Crippen molar-refractivity contribution in [3.05, 3.63) is 12.2 Å². The van der Waals surface area contributed by atoms with E-state index in [1.165, 1.54) is 0 Å². The number of nitrogens with one attached hydrogen (secondary N) is 1. The molecule has 0 saturated carbocycles. The zero-order valence-electron chi connectivity index (χ0n) is 11.3. The first-order chi connectivity index (χ1) is 8.74. The van der Waals surface area contributed by atoms with Gasteiger partial charge in [0.1, 0.15) is 12.2 Å². The summed E-state index contributed by atoms with van der Waals surface area (Å²) in [6, 6.07) is 0. The molecule has 0 aliphatic carbocycles. The summed E-state index contributed by atoms with van der Waals surface area (Å²) < 4.78 is 1.97.